The zero-order chi connectivity index (χ0) is 25.7. The Morgan fingerprint density at radius 2 is 2.05 bits per heavy atom. The predicted molar refractivity (Wildman–Crippen MR) is 142 cm³/mol. The SMILES string of the molecule is O=C(CSc1nc2ccccc2s1)N[C@@H]1C(=O)N2C(C(=O)O)=C(C(CC3CC3)=C3CCNC3=O)CS[C@H]12. The van der Waals surface area contributed by atoms with E-state index in [1.54, 1.807) is 0 Å². The van der Waals surface area contributed by atoms with Gasteiger partial charge >= 0.3 is 5.97 Å². The molecule has 1 saturated carbocycles. The lowest BCUT2D eigenvalue weighted by molar-refractivity contribution is -0.150. The van der Waals surface area contributed by atoms with E-state index in [0.29, 0.717) is 42.2 Å². The first-order valence-corrected chi connectivity index (χ1v) is 14.9. The molecule has 3 amide bonds. The van der Waals surface area contributed by atoms with Crippen LogP contribution in [0.5, 0.6) is 0 Å². The fourth-order valence-corrected chi connectivity index (χ4v) is 8.22. The molecule has 4 aliphatic rings. The maximum atomic E-state index is 13.1. The predicted octanol–water partition coefficient (Wildman–Crippen LogP) is 2.74. The van der Waals surface area contributed by atoms with Crippen LogP contribution in [0, 0.1) is 5.92 Å². The highest BCUT2D eigenvalue weighted by atomic mass is 32.2. The minimum atomic E-state index is -1.18. The number of allylic oxidation sites excluding steroid dienone is 1. The maximum Gasteiger partial charge on any atom is 0.352 e. The second-order valence-electron chi connectivity index (χ2n) is 9.43. The second kappa shape index (κ2) is 9.80. The van der Waals surface area contributed by atoms with Crippen molar-refractivity contribution < 1.29 is 24.3 Å². The molecule has 0 radical (unpaired) electrons. The zero-order valence-corrected chi connectivity index (χ0v) is 22.1. The average molecular weight is 557 g/mol. The molecule has 12 heteroatoms. The molecule has 3 aliphatic heterocycles. The molecular formula is C25H24N4O5S3. The Balaban J connectivity index is 1.17. The number of carboxylic acid groups (broad SMARTS) is 1. The normalized spacial score (nSPS) is 24.6. The molecule has 0 bridgehead atoms. The van der Waals surface area contributed by atoms with Crippen LogP contribution in [-0.2, 0) is 19.2 Å². The molecule has 0 unspecified atom stereocenters. The summed E-state index contributed by atoms with van der Waals surface area (Å²) in [6.45, 7) is 0.541. The van der Waals surface area contributed by atoms with E-state index < -0.39 is 23.3 Å². The molecule has 4 heterocycles. The van der Waals surface area contributed by atoms with Crippen molar-refractivity contribution in [1.82, 2.24) is 20.5 Å². The van der Waals surface area contributed by atoms with Crippen molar-refractivity contribution in [1.29, 1.82) is 0 Å². The average Bonchev–Trinajstić information content (AvgIpc) is 3.45. The number of benzene rings is 1. The van der Waals surface area contributed by atoms with Crippen LogP contribution < -0.4 is 10.6 Å². The summed E-state index contributed by atoms with van der Waals surface area (Å²) >= 11 is 4.26. The lowest BCUT2D eigenvalue weighted by Gasteiger charge is -2.49. The van der Waals surface area contributed by atoms with Gasteiger partial charge in [-0.3, -0.25) is 19.3 Å². The van der Waals surface area contributed by atoms with Crippen molar-refractivity contribution in [3.63, 3.8) is 0 Å². The molecule has 3 N–H and O–H groups in total. The van der Waals surface area contributed by atoms with Crippen molar-refractivity contribution >= 4 is 68.8 Å². The first-order chi connectivity index (χ1) is 17.9. The summed E-state index contributed by atoms with van der Waals surface area (Å²) in [6, 6.07) is 6.98. The third-order valence-corrected chi connectivity index (χ3v) is 10.4. The van der Waals surface area contributed by atoms with Crippen molar-refractivity contribution in [2.24, 2.45) is 5.92 Å². The monoisotopic (exact) mass is 556 g/mol. The number of thiazole rings is 1. The van der Waals surface area contributed by atoms with Crippen molar-refractivity contribution in [3.8, 4) is 0 Å². The highest BCUT2D eigenvalue weighted by molar-refractivity contribution is 8.01. The van der Waals surface area contributed by atoms with Gasteiger partial charge in [0.15, 0.2) is 4.34 Å². The molecule has 3 fully saturated rings. The Labute approximate surface area is 225 Å². The third kappa shape index (κ3) is 4.66. The van der Waals surface area contributed by atoms with E-state index in [-0.39, 0.29) is 23.3 Å². The summed E-state index contributed by atoms with van der Waals surface area (Å²) in [4.78, 5) is 56.4. The number of para-hydroxylation sites is 1. The summed E-state index contributed by atoms with van der Waals surface area (Å²) in [5.74, 6) is -1.12. The highest BCUT2D eigenvalue weighted by Gasteiger charge is 2.54. The summed E-state index contributed by atoms with van der Waals surface area (Å²) in [5.41, 5.74) is 2.83. The number of amides is 3. The number of nitrogens with one attached hydrogen (secondary N) is 2. The maximum absolute atomic E-state index is 13.1. The molecule has 2 saturated heterocycles. The van der Waals surface area contributed by atoms with Gasteiger partial charge in [0, 0.05) is 17.9 Å². The van der Waals surface area contributed by atoms with Gasteiger partial charge in [0.25, 0.3) is 5.91 Å². The van der Waals surface area contributed by atoms with Crippen LogP contribution >= 0.6 is 34.9 Å². The molecule has 0 spiro atoms. The lowest BCUT2D eigenvalue weighted by Crippen LogP contribution is -2.70. The van der Waals surface area contributed by atoms with Crippen LogP contribution in [0.4, 0.5) is 0 Å². The van der Waals surface area contributed by atoms with Crippen LogP contribution in [0.2, 0.25) is 0 Å². The van der Waals surface area contributed by atoms with E-state index in [4.69, 9.17) is 0 Å². The molecule has 1 aromatic heterocycles. The van der Waals surface area contributed by atoms with Gasteiger partial charge < -0.3 is 15.7 Å². The number of fused-ring (bicyclic) bond motifs is 2. The Hall–Kier alpha value is -2.83. The number of thioether (sulfide) groups is 2. The number of hydrogen-bond acceptors (Lipinski definition) is 8. The largest absolute Gasteiger partial charge is 0.477 e. The number of β-lactam (4-membered cyclic amide) rings is 1. The molecule has 9 nitrogen and oxygen atoms in total. The first-order valence-electron chi connectivity index (χ1n) is 12.1. The summed E-state index contributed by atoms with van der Waals surface area (Å²) in [7, 11) is 0. The van der Waals surface area contributed by atoms with Crippen LogP contribution in [0.1, 0.15) is 25.7 Å². The number of carbonyl (C=O) groups is 4. The van der Waals surface area contributed by atoms with Gasteiger partial charge in [-0.1, -0.05) is 23.9 Å². The lowest BCUT2D eigenvalue weighted by atomic mass is 9.91. The van der Waals surface area contributed by atoms with Crippen LogP contribution in [-0.4, -0.2) is 68.1 Å². The van der Waals surface area contributed by atoms with Gasteiger partial charge in [0.1, 0.15) is 17.1 Å². The number of rotatable bonds is 8. The molecule has 6 rings (SSSR count). The van der Waals surface area contributed by atoms with Crippen LogP contribution in [0.15, 0.2) is 51.0 Å². The standard InChI is InChI=1S/C25H24N4O5S3/c30-18(11-36-25-27-16-3-1-2-4-17(16)37-25)28-19-22(32)29-20(24(33)34)15(10-35-23(19)29)14(9-12-5-6-12)13-7-8-26-21(13)31/h1-4,12,19,23H,5-11H2,(H,26,31)(H,28,30)(H,33,34)/t19-,23-/m1/s1. The van der Waals surface area contributed by atoms with Crippen molar-refractivity contribution in [3.05, 3.63) is 46.7 Å². The molecule has 192 valence electrons. The second-order valence-corrected chi connectivity index (χ2v) is 12.8. The number of aromatic nitrogens is 1. The molecular weight excluding hydrogens is 532 g/mol. The molecule has 1 aliphatic carbocycles. The molecule has 1 aromatic carbocycles. The number of carboxylic acids is 1. The third-order valence-electron chi connectivity index (χ3n) is 6.94. The fraction of sp³-hybridized carbons (Fsp3) is 0.400. The summed E-state index contributed by atoms with van der Waals surface area (Å²) in [6.07, 6.45) is 3.35. The fourth-order valence-electron chi connectivity index (χ4n) is 4.95. The van der Waals surface area contributed by atoms with Gasteiger partial charge in [-0.25, -0.2) is 9.78 Å². The Bertz CT molecular complexity index is 1360. The molecule has 2 aromatic rings. The topological polar surface area (TPSA) is 129 Å². The number of hydrogen-bond donors (Lipinski definition) is 3. The quantitative estimate of drug-likeness (QED) is 0.257. The van der Waals surface area contributed by atoms with Crippen LogP contribution in [0.3, 0.4) is 0 Å². The Morgan fingerprint density at radius 1 is 1.24 bits per heavy atom. The van der Waals surface area contributed by atoms with Crippen molar-refractivity contribution in [2.75, 3.05) is 18.1 Å². The minimum absolute atomic E-state index is 0.0500. The minimum Gasteiger partial charge on any atom is -0.477 e. The zero-order valence-electron chi connectivity index (χ0n) is 19.7. The van der Waals surface area contributed by atoms with Crippen LogP contribution in [0.25, 0.3) is 10.2 Å². The number of aliphatic carboxylic acids is 1. The molecule has 2 atom stereocenters. The summed E-state index contributed by atoms with van der Waals surface area (Å²) < 4.78 is 1.82. The van der Waals surface area contributed by atoms with E-state index in [2.05, 4.69) is 15.6 Å². The number of nitrogens with zero attached hydrogens (tertiary/aromatic N) is 2. The number of carbonyl (C=O) groups excluding carboxylic acids is 3. The van der Waals surface area contributed by atoms with E-state index in [1.165, 1.54) is 39.8 Å². The van der Waals surface area contributed by atoms with E-state index in [9.17, 15) is 24.3 Å². The van der Waals surface area contributed by atoms with Gasteiger partial charge in [-0.05, 0) is 54.9 Å². The summed E-state index contributed by atoms with van der Waals surface area (Å²) in [5, 5.41) is 15.2. The van der Waals surface area contributed by atoms with Gasteiger partial charge in [-0.2, -0.15) is 0 Å². The Kier molecular flexibility index (Phi) is 6.49. The molecule has 37 heavy (non-hydrogen) atoms. The van der Waals surface area contributed by atoms with E-state index in [0.717, 1.165) is 33.0 Å². The van der Waals surface area contributed by atoms with Gasteiger partial charge in [-0.15, -0.1) is 23.1 Å². The first kappa shape index (κ1) is 24.5. The Morgan fingerprint density at radius 3 is 2.76 bits per heavy atom. The van der Waals surface area contributed by atoms with Gasteiger partial charge in [0.2, 0.25) is 11.8 Å². The highest BCUT2D eigenvalue weighted by Crippen LogP contribution is 2.46. The smallest absolute Gasteiger partial charge is 0.352 e. The van der Waals surface area contributed by atoms with Gasteiger partial charge in [0.05, 0.1) is 16.0 Å². The van der Waals surface area contributed by atoms with Crippen molar-refractivity contribution in [2.45, 2.75) is 41.4 Å². The van der Waals surface area contributed by atoms with E-state index in [1.807, 2.05) is 24.3 Å². The van der Waals surface area contributed by atoms with E-state index >= 15 is 0 Å².